The molecule has 0 aliphatic heterocycles. The van der Waals surface area contributed by atoms with Crippen LogP contribution in [0.2, 0.25) is 0 Å². The smallest absolute Gasteiger partial charge is 0.339 e. The summed E-state index contributed by atoms with van der Waals surface area (Å²) in [6.07, 6.45) is 4.73. The molecule has 1 aromatic heterocycles. The van der Waals surface area contributed by atoms with Gasteiger partial charge >= 0.3 is 5.97 Å². The van der Waals surface area contributed by atoms with Gasteiger partial charge in [-0.15, -0.1) is 11.8 Å². The van der Waals surface area contributed by atoms with Gasteiger partial charge in [-0.2, -0.15) is 0 Å². The summed E-state index contributed by atoms with van der Waals surface area (Å²) in [5.74, 6) is 0.478. The molecule has 1 aromatic carbocycles. The van der Waals surface area contributed by atoms with E-state index in [4.69, 9.17) is 4.42 Å². The summed E-state index contributed by atoms with van der Waals surface area (Å²) in [5.41, 5.74) is 0.845. The second kappa shape index (κ2) is 8.45. The summed E-state index contributed by atoms with van der Waals surface area (Å²) in [6.45, 7) is 3.67. The average Bonchev–Trinajstić information content (AvgIpc) is 3.32. The maximum absolute atomic E-state index is 13.1. The molecule has 1 fully saturated rings. The van der Waals surface area contributed by atoms with Gasteiger partial charge < -0.3 is 14.4 Å². The Labute approximate surface area is 157 Å². The Morgan fingerprint density at radius 3 is 2.69 bits per heavy atom. The Kier molecular flexibility index (Phi) is 6.04. The van der Waals surface area contributed by atoms with Gasteiger partial charge in [-0.25, -0.2) is 4.79 Å². The van der Waals surface area contributed by atoms with Crippen molar-refractivity contribution in [2.75, 3.05) is 13.1 Å². The zero-order chi connectivity index (χ0) is 18.5. The normalized spacial score (nSPS) is 13.6. The summed E-state index contributed by atoms with van der Waals surface area (Å²) in [5, 5.41) is 9.19. The van der Waals surface area contributed by atoms with E-state index in [9.17, 15) is 14.7 Å². The van der Waals surface area contributed by atoms with Gasteiger partial charge in [0.1, 0.15) is 11.3 Å². The molecule has 0 saturated heterocycles. The molecule has 1 saturated carbocycles. The molecule has 5 nitrogen and oxygen atoms in total. The fraction of sp³-hybridized carbons (Fsp3) is 0.400. The van der Waals surface area contributed by atoms with Crippen molar-refractivity contribution in [1.29, 1.82) is 0 Å². The number of nitrogens with zero attached hydrogens (tertiary/aromatic N) is 1. The lowest BCUT2D eigenvalue weighted by Crippen LogP contribution is -2.33. The predicted molar refractivity (Wildman–Crippen MR) is 101 cm³/mol. The van der Waals surface area contributed by atoms with E-state index in [0.29, 0.717) is 23.0 Å². The van der Waals surface area contributed by atoms with Crippen LogP contribution in [0.3, 0.4) is 0 Å². The van der Waals surface area contributed by atoms with E-state index in [2.05, 4.69) is 6.92 Å². The molecule has 0 unspecified atom stereocenters. The second-order valence-corrected chi connectivity index (χ2v) is 7.56. The molecule has 1 aliphatic rings. The average molecular weight is 373 g/mol. The molecule has 26 heavy (non-hydrogen) atoms. The number of thioether (sulfide) groups is 1. The maximum atomic E-state index is 13.1. The minimum Gasteiger partial charge on any atom is -0.478 e. The van der Waals surface area contributed by atoms with Crippen molar-refractivity contribution in [3.8, 4) is 0 Å². The number of rotatable bonds is 9. The number of carboxylic acid groups (broad SMARTS) is 1. The van der Waals surface area contributed by atoms with Crippen LogP contribution in [0.4, 0.5) is 0 Å². The molecule has 0 atom stereocenters. The van der Waals surface area contributed by atoms with Gasteiger partial charge in [-0.05, 0) is 43.4 Å². The highest BCUT2D eigenvalue weighted by molar-refractivity contribution is 7.98. The van der Waals surface area contributed by atoms with Gasteiger partial charge in [0.15, 0.2) is 0 Å². The lowest BCUT2D eigenvalue weighted by atomic mass is 10.2. The molecule has 1 aliphatic carbocycles. The third-order valence-corrected chi connectivity index (χ3v) is 5.48. The topological polar surface area (TPSA) is 70.8 Å². The van der Waals surface area contributed by atoms with Gasteiger partial charge in [-0.3, -0.25) is 4.79 Å². The summed E-state index contributed by atoms with van der Waals surface area (Å²) in [6, 6.07) is 8.97. The molecule has 2 aromatic rings. The van der Waals surface area contributed by atoms with Crippen LogP contribution in [0.25, 0.3) is 0 Å². The van der Waals surface area contributed by atoms with Crippen LogP contribution in [0.5, 0.6) is 0 Å². The van der Waals surface area contributed by atoms with E-state index >= 15 is 0 Å². The molecule has 1 heterocycles. The van der Waals surface area contributed by atoms with E-state index in [1.807, 2.05) is 29.2 Å². The summed E-state index contributed by atoms with van der Waals surface area (Å²) in [7, 11) is 0. The molecule has 1 N–H and O–H groups in total. The van der Waals surface area contributed by atoms with Crippen molar-refractivity contribution in [3.63, 3.8) is 0 Å². The molecule has 0 radical (unpaired) electrons. The molecule has 1 amide bonds. The van der Waals surface area contributed by atoms with E-state index in [1.54, 1.807) is 0 Å². The van der Waals surface area contributed by atoms with Crippen LogP contribution >= 0.6 is 11.8 Å². The summed E-state index contributed by atoms with van der Waals surface area (Å²) < 4.78 is 5.30. The largest absolute Gasteiger partial charge is 0.478 e. The number of hydrogen-bond acceptors (Lipinski definition) is 4. The number of hydrogen-bond donors (Lipinski definition) is 1. The number of furan rings is 1. The first kappa shape index (κ1) is 18.6. The highest BCUT2D eigenvalue weighted by Gasteiger charge is 2.27. The summed E-state index contributed by atoms with van der Waals surface area (Å²) in [4.78, 5) is 27.1. The molecule has 0 spiro atoms. The molecule has 0 bridgehead atoms. The number of benzene rings is 1. The Balaban J connectivity index is 1.75. The van der Waals surface area contributed by atoms with E-state index in [-0.39, 0.29) is 11.5 Å². The second-order valence-electron chi connectivity index (χ2n) is 6.54. The van der Waals surface area contributed by atoms with Crippen LogP contribution in [0, 0.1) is 5.92 Å². The maximum Gasteiger partial charge on any atom is 0.339 e. The number of carboxylic acids is 1. The van der Waals surface area contributed by atoms with Gasteiger partial charge in [0, 0.05) is 18.0 Å². The number of amides is 1. The standard InChI is InChI=1S/C20H23NO4S/c1-2-10-21(12-14-7-8-14)19(22)16-5-3-4-6-18(16)26-13-17-15(20(23)24)9-11-25-17/h3-6,9,11,14H,2,7-8,10,12-13H2,1H3,(H,23,24). The quantitative estimate of drug-likeness (QED) is 0.654. The minimum atomic E-state index is -1.00. The van der Waals surface area contributed by atoms with E-state index in [1.165, 1.54) is 36.9 Å². The van der Waals surface area contributed by atoms with Gasteiger partial charge in [0.25, 0.3) is 5.91 Å². The first-order valence-corrected chi connectivity index (χ1v) is 9.89. The third-order valence-electron chi connectivity index (χ3n) is 4.41. The van der Waals surface area contributed by atoms with Crippen LogP contribution in [-0.2, 0) is 5.75 Å². The molecule has 6 heteroatoms. The fourth-order valence-electron chi connectivity index (χ4n) is 2.88. The zero-order valence-electron chi connectivity index (χ0n) is 14.8. The lowest BCUT2D eigenvalue weighted by molar-refractivity contribution is 0.0693. The third kappa shape index (κ3) is 4.49. The van der Waals surface area contributed by atoms with Crippen LogP contribution < -0.4 is 0 Å². The monoisotopic (exact) mass is 373 g/mol. The predicted octanol–water partition coefficient (Wildman–Crippen LogP) is 4.53. The van der Waals surface area contributed by atoms with Gasteiger partial charge in [0.05, 0.1) is 17.6 Å². The van der Waals surface area contributed by atoms with Gasteiger partial charge in [0.2, 0.25) is 0 Å². The fourth-order valence-corrected chi connectivity index (χ4v) is 3.88. The highest BCUT2D eigenvalue weighted by atomic mass is 32.2. The van der Waals surface area contributed by atoms with Crippen molar-refractivity contribution in [3.05, 3.63) is 53.5 Å². The first-order chi connectivity index (χ1) is 12.6. The molecule has 3 rings (SSSR count). The number of carbonyl (C=O) groups is 2. The zero-order valence-corrected chi connectivity index (χ0v) is 15.6. The van der Waals surface area contributed by atoms with Crippen molar-refractivity contribution < 1.29 is 19.1 Å². The SMILES string of the molecule is CCCN(CC1CC1)C(=O)c1ccccc1SCc1occc1C(=O)O. The molecule has 138 valence electrons. The Hall–Kier alpha value is -2.21. The van der Waals surface area contributed by atoms with Crippen molar-refractivity contribution >= 4 is 23.6 Å². The first-order valence-electron chi connectivity index (χ1n) is 8.91. The van der Waals surface area contributed by atoms with Crippen LogP contribution in [0.1, 0.15) is 52.7 Å². The van der Waals surface area contributed by atoms with E-state index in [0.717, 1.165) is 24.4 Å². The van der Waals surface area contributed by atoms with Crippen LogP contribution in [-0.4, -0.2) is 35.0 Å². The highest BCUT2D eigenvalue weighted by Crippen LogP contribution is 2.32. The molecular weight excluding hydrogens is 350 g/mol. The van der Waals surface area contributed by atoms with Crippen molar-refractivity contribution in [2.45, 2.75) is 36.8 Å². The number of carbonyl (C=O) groups excluding carboxylic acids is 1. The minimum absolute atomic E-state index is 0.0553. The van der Waals surface area contributed by atoms with Crippen molar-refractivity contribution in [1.82, 2.24) is 4.90 Å². The Morgan fingerprint density at radius 2 is 2.00 bits per heavy atom. The Bertz CT molecular complexity index is 782. The van der Waals surface area contributed by atoms with Crippen LogP contribution in [0.15, 0.2) is 45.9 Å². The Morgan fingerprint density at radius 1 is 1.23 bits per heavy atom. The summed E-state index contributed by atoms with van der Waals surface area (Å²) >= 11 is 1.43. The molecular formula is C20H23NO4S. The van der Waals surface area contributed by atoms with Crippen molar-refractivity contribution in [2.24, 2.45) is 5.92 Å². The number of aromatic carboxylic acids is 1. The van der Waals surface area contributed by atoms with Gasteiger partial charge in [-0.1, -0.05) is 19.1 Å². The lowest BCUT2D eigenvalue weighted by Gasteiger charge is -2.23. The van der Waals surface area contributed by atoms with E-state index < -0.39 is 5.97 Å².